The van der Waals surface area contributed by atoms with E-state index in [4.69, 9.17) is 19.9 Å². The Hall–Kier alpha value is -2.01. The first kappa shape index (κ1) is 17.1. The standard InChI is InChI=1S/C17H21N3O7/c1-7-12(21)11-10(14(22)17(7)26-3-4-27-17)8(6-25-15(18)23)16(24)13-9(19(13)2)5-20(11)16/h7-9,13,24H,3-6H2,1-2H3,(H2,18,23)/t7?,8-,9-,13-,16+,19?/m0/s1. The molecule has 1 amide bonds. The minimum absolute atomic E-state index is 0.0770. The fourth-order valence-corrected chi connectivity index (χ4v) is 5.37. The number of carbonyl (C=O) groups is 3. The maximum Gasteiger partial charge on any atom is 0.404 e. The summed E-state index contributed by atoms with van der Waals surface area (Å²) < 4.78 is 16.2. The molecule has 3 saturated heterocycles. The Kier molecular flexibility index (Phi) is 3.22. The van der Waals surface area contributed by atoms with Crippen LogP contribution in [0.15, 0.2) is 11.3 Å². The second-order valence-electron chi connectivity index (χ2n) is 7.80. The van der Waals surface area contributed by atoms with Crippen molar-refractivity contribution in [1.82, 2.24) is 9.80 Å². The normalized spacial score (nSPS) is 43.8. The summed E-state index contributed by atoms with van der Waals surface area (Å²) in [5.74, 6) is -4.21. The molecule has 6 atom stereocenters. The van der Waals surface area contributed by atoms with Gasteiger partial charge in [0.25, 0.3) is 0 Å². The summed E-state index contributed by atoms with van der Waals surface area (Å²) in [5, 5.41) is 11.6. The molecule has 0 aromatic rings. The van der Waals surface area contributed by atoms with Gasteiger partial charge in [-0.15, -0.1) is 0 Å². The molecule has 0 saturated carbocycles. The summed E-state index contributed by atoms with van der Waals surface area (Å²) in [6.07, 6.45) is -1.01. The molecule has 0 bridgehead atoms. The number of ether oxygens (including phenoxy) is 3. The second kappa shape index (κ2) is 5.07. The maximum atomic E-state index is 13.4. The molecule has 5 aliphatic rings. The van der Waals surface area contributed by atoms with Crippen LogP contribution in [0.3, 0.4) is 0 Å². The Morgan fingerprint density at radius 2 is 2.04 bits per heavy atom. The lowest BCUT2D eigenvalue weighted by Crippen LogP contribution is -2.54. The topological polar surface area (TPSA) is 131 Å². The first-order valence-electron chi connectivity index (χ1n) is 9.00. The maximum absolute atomic E-state index is 13.4. The van der Waals surface area contributed by atoms with Crippen LogP contribution < -0.4 is 5.73 Å². The average Bonchev–Trinajstić information content (AvgIpc) is 2.97. The second-order valence-corrected chi connectivity index (χ2v) is 7.80. The van der Waals surface area contributed by atoms with E-state index < -0.39 is 35.2 Å². The molecule has 146 valence electrons. The van der Waals surface area contributed by atoms with Crippen molar-refractivity contribution in [2.45, 2.75) is 30.5 Å². The number of amides is 1. The van der Waals surface area contributed by atoms with Gasteiger partial charge >= 0.3 is 6.09 Å². The van der Waals surface area contributed by atoms with Gasteiger partial charge in [0.15, 0.2) is 11.5 Å². The number of hydrogen-bond donors (Lipinski definition) is 2. The van der Waals surface area contributed by atoms with Gasteiger partial charge in [0.05, 0.1) is 36.8 Å². The smallest absolute Gasteiger partial charge is 0.404 e. The number of nitrogens with zero attached hydrogens (tertiary/aromatic N) is 2. The van der Waals surface area contributed by atoms with E-state index in [1.54, 1.807) is 11.8 Å². The number of hydrogen-bond acceptors (Lipinski definition) is 9. The van der Waals surface area contributed by atoms with Crippen LogP contribution in [0.2, 0.25) is 0 Å². The number of rotatable bonds is 2. The molecule has 0 aromatic heterocycles. The lowest BCUT2D eigenvalue weighted by Gasteiger charge is -2.38. The Morgan fingerprint density at radius 3 is 2.67 bits per heavy atom. The van der Waals surface area contributed by atoms with Crippen molar-refractivity contribution in [2.75, 3.05) is 33.4 Å². The molecular weight excluding hydrogens is 358 g/mol. The number of allylic oxidation sites excluding steroid dienone is 1. The van der Waals surface area contributed by atoms with Crippen molar-refractivity contribution >= 4 is 17.7 Å². The number of likely N-dealkylation sites (N-methyl/N-ethyl adjacent to an activating group) is 1. The fourth-order valence-electron chi connectivity index (χ4n) is 5.37. The number of nitrogens with two attached hydrogens (primary N) is 1. The van der Waals surface area contributed by atoms with Gasteiger partial charge in [-0.2, -0.15) is 0 Å². The molecule has 1 spiro atoms. The van der Waals surface area contributed by atoms with Crippen LogP contribution in [0, 0.1) is 11.8 Å². The van der Waals surface area contributed by atoms with E-state index in [2.05, 4.69) is 0 Å². The highest BCUT2D eigenvalue weighted by atomic mass is 16.7. The number of Topliss-reactive ketones (excluding diaryl/α,β-unsaturated/α-hetero) is 2. The number of aliphatic hydroxyl groups is 1. The highest BCUT2D eigenvalue weighted by Gasteiger charge is 2.76. The third-order valence-electron chi connectivity index (χ3n) is 6.73. The molecule has 27 heavy (non-hydrogen) atoms. The number of carbonyl (C=O) groups excluding carboxylic acids is 3. The lowest BCUT2D eigenvalue weighted by atomic mass is 9.76. The van der Waals surface area contributed by atoms with E-state index in [0.29, 0.717) is 6.54 Å². The molecule has 0 aromatic carbocycles. The van der Waals surface area contributed by atoms with Gasteiger partial charge in [-0.3, -0.25) is 14.5 Å². The number of primary amides is 1. The molecule has 10 heteroatoms. The zero-order valence-corrected chi connectivity index (χ0v) is 15.0. The van der Waals surface area contributed by atoms with Gasteiger partial charge in [0.1, 0.15) is 6.61 Å². The van der Waals surface area contributed by atoms with E-state index in [-0.39, 0.29) is 49.0 Å². The highest BCUT2D eigenvalue weighted by Crippen LogP contribution is 2.59. The van der Waals surface area contributed by atoms with Crippen LogP contribution in [0.5, 0.6) is 0 Å². The molecule has 10 nitrogen and oxygen atoms in total. The SMILES string of the molecule is CC1C(=O)C2=C(C(=O)C13OCCO3)[C@H](COC(N)=O)[C@@]1(O)[C@@H]3[C@H](CN21)N3C. The van der Waals surface area contributed by atoms with Crippen LogP contribution in [-0.2, 0) is 23.8 Å². The summed E-state index contributed by atoms with van der Waals surface area (Å²) >= 11 is 0. The van der Waals surface area contributed by atoms with Gasteiger partial charge in [0.2, 0.25) is 11.6 Å². The van der Waals surface area contributed by atoms with Crippen molar-refractivity contribution in [1.29, 1.82) is 0 Å². The molecule has 1 aliphatic carbocycles. The van der Waals surface area contributed by atoms with Crippen LogP contribution in [0.1, 0.15) is 6.92 Å². The van der Waals surface area contributed by atoms with Crippen LogP contribution in [0.25, 0.3) is 0 Å². The lowest BCUT2D eigenvalue weighted by molar-refractivity contribution is -0.197. The number of piperazine rings is 1. The Morgan fingerprint density at radius 1 is 1.37 bits per heavy atom. The quantitative estimate of drug-likeness (QED) is 0.533. The van der Waals surface area contributed by atoms with Gasteiger partial charge in [-0.05, 0) is 14.0 Å². The molecular formula is C17H21N3O7. The third kappa shape index (κ3) is 1.81. The van der Waals surface area contributed by atoms with Gasteiger partial charge in [-0.1, -0.05) is 0 Å². The molecule has 4 heterocycles. The average molecular weight is 379 g/mol. The molecule has 5 rings (SSSR count). The summed E-state index contributed by atoms with van der Waals surface area (Å²) in [4.78, 5) is 41.4. The summed E-state index contributed by atoms with van der Waals surface area (Å²) in [6.45, 7) is 2.13. The van der Waals surface area contributed by atoms with Gasteiger partial charge in [-0.25, -0.2) is 4.79 Å². The first-order valence-corrected chi connectivity index (χ1v) is 9.00. The monoisotopic (exact) mass is 379 g/mol. The van der Waals surface area contributed by atoms with Crippen molar-refractivity contribution < 1.29 is 33.7 Å². The van der Waals surface area contributed by atoms with Crippen molar-refractivity contribution in [3.8, 4) is 0 Å². The van der Waals surface area contributed by atoms with Gasteiger partial charge in [0, 0.05) is 18.2 Å². The zero-order chi connectivity index (χ0) is 19.3. The Balaban J connectivity index is 1.64. The summed E-state index contributed by atoms with van der Waals surface area (Å²) in [6, 6.07) is -0.185. The van der Waals surface area contributed by atoms with Crippen LogP contribution >= 0.6 is 0 Å². The Bertz CT molecular complexity index is 804. The van der Waals surface area contributed by atoms with E-state index in [1.165, 1.54) is 0 Å². The summed E-state index contributed by atoms with van der Waals surface area (Å²) in [5.41, 5.74) is 3.89. The highest BCUT2D eigenvalue weighted by molar-refractivity contribution is 6.17. The van der Waals surface area contributed by atoms with E-state index >= 15 is 0 Å². The fraction of sp³-hybridized carbons (Fsp3) is 0.706. The van der Waals surface area contributed by atoms with E-state index in [1.807, 2.05) is 11.9 Å². The predicted molar refractivity (Wildman–Crippen MR) is 86.9 cm³/mol. The number of fused-ring (bicyclic) bond motifs is 4. The third-order valence-corrected chi connectivity index (χ3v) is 6.73. The largest absolute Gasteiger partial charge is 0.449 e. The van der Waals surface area contributed by atoms with Crippen LogP contribution in [0.4, 0.5) is 4.79 Å². The first-order chi connectivity index (χ1) is 12.7. The van der Waals surface area contributed by atoms with Crippen molar-refractivity contribution in [2.24, 2.45) is 17.6 Å². The van der Waals surface area contributed by atoms with Crippen LogP contribution in [-0.4, -0.2) is 89.6 Å². The van der Waals surface area contributed by atoms with Crippen molar-refractivity contribution in [3.05, 3.63) is 11.3 Å². The minimum atomic E-state index is -1.67. The van der Waals surface area contributed by atoms with Gasteiger partial charge < -0.3 is 30.0 Å². The molecule has 4 aliphatic heterocycles. The Labute approximate surface area is 154 Å². The molecule has 2 unspecified atom stereocenters. The van der Waals surface area contributed by atoms with Crippen molar-refractivity contribution in [3.63, 3.8) is 0 Å². The minimum Gasteiger partial charge on any atom is -0.449 e. The van der Waals surface area contributed by atoms with E-state index in [0.717, 1.165) is 0 Å². The van der Waals surface area contributed by atoms with E-state index in [9.17, 15) is 19.5 Å². The zero-order valence-electron chi connectivity index (χ0n) is 15.0. The molecule has 0 radical (unpaired) electrons. The number of ketones is 2. The summed E-state index contributed by atoms with van der Waals surface area (Å²) in [7, 11) is 1.87. The predicted octanol–water partition coefficient (Wildman–Crippen LogP) is -1.82. The molecule has 3 fully saturated rings. The molecule has 3 N–H and O–H groups in total.